The average Bonchev–Trinajstić information content (AvgIpc) is 3.40. The molecule has 1 saturated heterocycles. The number of imide groups is 1. The molecule has 4 rings (SSSR count). The third kappa shape index (κ3) is 4.94. The van der Waals surface area contributed by atoms with Gasteiger partial charge < -0.3 is 14.5 Å². The lowest BCUT2D eigenvalue weighted by Crippen LogP contribution is -2.51. The van der Waals surface area contributed by atoms with Crippen LogP contribution in [0.25, 0.3) is 11.5 Å². The van der Waals surface area contributed by atoms with Crippen molar-refractivity contribution in [2.75, 3.05) is 6.54 Å². The normalized spacial score (nSPS) is 23.5. The quantitative estimate of drug-likeness (QED) is 0.454. The van der Waals surface area contributed by atoms with Crippen LogP contribution in [-0.4, -0.2) is 45.1 Å². The zero-order valence-electron chi connectivity index (χ0n) is 21.1. The lowest BCUT2D eigenvalue weighted by atomic mass is 9.65. The number of nitrogens with one attached hydrogen (secondary N) is 1. The van der Waals surface area contributed by atoms with Crippen LogP contribution in [0.2, 0.25) is 0 Å². The molecule has 2 heterocycles. The molecule has 1 saturated carbocycles. The van der Waals surface area contributed by atoms with Crippen LogP contribution < -0.4 is 5.32 Å². The summed E-state index contributed by atoms with van der Waals surface area (Å²) in [5.41, 5.74) is 1.14. The van der Waals surface area contributed by atoms with Crippen molar-refractivity contribution in [2.45, 2.75) is 78.4 Å². The Kier molecular flexibility index (Phi) is 6.71. The van der Waals surface area contributed by atoms with E-state index in [0.29, 0.717) is 24.7 Å². The van der Waals surface area contributed by atoms with Crippen LogP contribution in [0.4, 0.5) is 4.79 Å². The fourth-order valence-electron chi connectivity index (χ4n) is 4.97. The molecule has 1 aliphatic carbocycles. The minimum atomic E-state index is -0.918. The molecule has 0 bridgehead atoms. The van der Waals surface area contributed by atoms with Gasteiger partial charge in [0.05, 0.1) is 0 Å². The van der Waals surface area contributed by atoms with Gasteiger partial charge in [0.25, 0.3) is 11.8 Å². The average molecular weight is 483 g/mol. The molecule has 1 unspecified atom stereocenters. The van der Waals surface area contributed by atoms with Crippen LogP contribution in [0.15, 0.2) is 28.7 Å². The topological polar surface area (TPSA) is 115 Å². The molecule has 2 aromatic rings. The second kappa shape index (κ2) is 9.43. The summed E-state index contributed by atoms with van der Waals surface area (Å²) in [7, 11) is 0. The summed E-state index contributed by atoms with van der Waals surface area (Å²) < 4.78 is 11.1. The third-order valence-electron chi connectivity index (χ3n) is 7.78. The molecular formula is C26H34N4O5. The summed E-state index contributed by atoms with van der Waals surface area (Å²) in [6.45, 7) is 9.81. The maximum absolute atomic E-state index is 13.2. The lowest BCUT2D eigenvalue weighted by Gasteiger charge is -2.42. The van der Waals surface area contributed by atoms with E-state index in [0.717, 1.165) is 35.3 Å². The van der Waals surface area contributed by atoms with Gasteiger partial charge in [-0.25, -0.2) is 4.79 Å². The summed E-state index contributed by atoms with van der Waals surface area (Å²) in [5, 5.41) is 10.9. The highest BCUT2D eigenvalue weighted by Crippen LogP contribution is 2.45. The summed E-state index contributed by atoms with van der Waals surface area (Å²) in [6, 6.07) is 7.06. The highest BCUT2D eigenvalue weighted by atomic mass is 16.6. The Labute approximate surface area is 205 Å². The molecule has 1 aromatic heterocycles. The van der Waals surface area contributed by atoms with Crippen molar-refractivity contribution in [3.8, 4) is 11.5 Å². The van der Waals surface area contributed by atoms with E-state index in [1.807, 2.05) is 31.2 Å². The number of aryl methyl sites for hydroxylation is 1. The van der Waals surface area contributed by atoms with Gasteiger partial charge in [-0.2, -0.15) is 0 Å². The Morgan fingerprint density at radius 3 is 2.51 bits per heavy atom. The molecule has 3 amide bonds. The van der Waals surface area contributed by atoms with Gasteiger partial charge in [0, 0.05) is 5.56 Å². The van der Waals surface area contributed by atoms with E-state index in [1.54, 1.807) is 6.92 Å². The molecule has 1 aliphatic heterocycles. The largest absolute Gasteiger partial charge is 0.451 e. The van der Waals surface area contributed by atoms with Crippen molar-refractivity contribution in [3.63, 3.8) is 0 Å². The van der Waals surface area contributed by atoms with Crippen LogP contribution in [0.3, 0.4) is 0 Å². The van der Waals surface area contributed by atoms with Gasteiger partial charge in [0.1, 0.15) is 12.1 Å². The fourth-order valence-corrected chi connectivity index (χ4v) is 4.97. The van der Waals surface area contributed by atoms with Crippen LogP contribution in [0.1, 0.15) is 77.4 Å². The SMILES string of the molecule is CCC(C)(C)C1CCC2(CC1)NC(=O)N(CC(=O)OC(C)c1nnc(-c3ccc(C)cc3)o1)C2=O. The van der Waals surface area contributed by atoms with Crippen molar-refractivity contribution in [1.29, 1.82) is 0 Å². The van der Waals surface area contributed by atoms with Gasteiger partial charge in [-0.05, 0) is 63.0 Å². The summed E-state index contributed by atoms with van der Waals surface area (Å²) in [4.78, 5) is 39.4. The Morgan fingerprint density at radius 2 is 1.89 bits per heavy atom. The minimum absolute atomic E-state index is 0.138. The molecular weight excluding hydrogens is 448 g/mol. The van der Waals surface area contributed by atoms with Crippen molar-refractivity contribution in [1.82, 2.24) is 20.4 Å². The van der Waals surface area contributed by atoms with Gasteiger partial charge in [-0.3, -0.25) is 14.5 Å². The first-order valence-corrected chi connectivity index (χ1v) is 12.3. The van der Waals surface area contributed by atoms with Gasteiger partial charge >= 0.3 is 12.0 Å². The predicted octanol–water partition coefficient (Wildman–Crippen LogP) is 4.57. The molecule has 188 valence electrons. The number of esters is 1. The molecule has 1 spiro atoms. The number of benzene rings is 1. The molecule has 2 fully saturated rings. The second-order valence-electron chi connectivity index (χ2n) is 10.5. The standard InChI is InChI=1S/C26H34N4O5/c1-6-25(4,5)19-11-13-26(14-12-19)23(32)30(24(33)27-26)15-20(31)34-17(3)21-28-29-22(35-21)18-9-7-16(2)8-10-18/h7-10,17,19H,6,11-15H2,1-5H3,(H,27,33). The van der Waals surface area contributed by atoms with Crippen molar-refractivity contribution >= 4 is 17.9 Å². The van der Waals surface area contributed by atoms with Crippen LogP contribution in [0, 0.1) is 18.3 Å². The first-order chi connectivity index (χ1) is 16.5. The highest BCUT2D eigenvalue weighted by molar-refractivity contribution is 6.08. The summed E-state index contributed by atoms with van der Waals surface area (Å²) >= 11 is 0. The summed E-state index contributed by atoms with van der Waals surface area (Å²) in [6.07, 6.45) is 3.13. The fraction of sp³-hybridized carbons (Fsp3) is 0.577. The van der Waals surface area contributed by atoms with Crippen molar-refractivity contribution in [3.05, 3.63) is 35.7 Å². The number of ether oxygens (including phenoxy) is 1. The van der Waals surface area contributed by atoms with E-state index < -0.39 is 30.2 Å². The number of amides is 3. The van der Waals surface area contributed by atoms with E-state index in [2.05, 4.69) is 36.3 Å². The van der Waals surface area contributed by atoms with Crippen LogP contribution >= 0.6 is 0 Å². The monoisotopic (exact) mass is 482 g/mol. The number of hydrogen-bond acceptors (Lipinski definition) is 7. The smallest absolute Gasteiger partial charge is 0.327 e. The number of urea groups is 1. The second-order valence-corrected chi connectivity index (χ2v) is 10.5. The van der Waals surface area contributed by atoms with E-state index in [1.165, 1.54) is 0 Å². The maximum atomic E-state index is 13.2. The number of nitrogens with zero attached hydrogens (tertiary/aromatic N) is 3. The first kappa shape index (κ1) is 24.9. The molecule has 9 heteroatoms. The first-order valence-electron chi connectivity index (χ1n) is 12.3. The van der Waals surface area contributed by atoms with Gasteiger partial charge in [0.2, 0.25) is 5.89 Å². The van der Waals surface area contributed by atoms with Crippen LogP contribution in [0.5, 0.6) is 0 Å². The molecule has 2 aliphatic rings. The van der Waals surface area contributed by atoms with Crippen molar-refractivity contribution in [2.24, 2.45) is 11.3 Å². The van der Waals surface area contributed by atoms with E-state index in [4.69, 9.17) is 9.15 Å². The number of rotatable bonds is 7. The molecule has 1 atom stereocenters. The van der Waals surface area contributed by atoms with E-state index in [-0.39, 0.29) is 17.2 Å². The number of hydrogen-bond donors (Lipinski definition) is 1. The van der Waals surface area contributed by atoms with Crippen molar-refractivity contribution < 1.29 is 23.5 Å². The lowest BCUT2D eigenvalue weighted by molar-refractivity contribution is -0.153. The van der Waals surface area contributed by atoms with Gasteiger partial charge in [-0.15, -0.1) is 10.2 Å². The van der Waals surface area contributed by atoms with E-state index in [9.17, 15) is 14.4 Å². The number of carbonyl (C=O) groups is 3. The van der Waals surface area contributed by atoms with Crippen LogP contribution in [-0.2, 0) is 14.3 Å². The van der Waals surface area contributed by atoms with Gasteiger partial charge in [-0.1, -0.05) is 44.9 Å². The predicted molar refractivity (Wildman–Crippen MR) is 128 cm³/mol. The third-order valence-corrected chi connectivity index (χ3v) is 7.78. The Morgan fingerprint density at radius 1 is 1.23 bits per heavy atom. The Bertz CT molecular complexity index is 1100. The Hall–Kier alpha value is -3.23. The highest BCUT2D eigenvalue weighted by Gasteiger charge is 2.54. The molecule has 1 aromatic carbocycles. The zero-order valence-corrected chi connectivity index (χ0v) is 21.1. The minimum Gasteiger partial charge on any atom is -0.451 e. The van der Waals surface area contributed by atoms with E-state index >= 15 is 0 Å². The zero-order chi connectivity index (χ0) is 25.4. The number of carbonyl (C=O) groups excluding carboxylic acids is 3. The number of aromatic nitrogens is 2. The molecule has 1 N–H and O–H groups in total. The molecule has 0 radical (unpaired) electrons. The maximum Gasteiger partial charge on any atom is 0.327 e. The molecule has 9 nitrogen and oxygen atoms in total. The summed E-state index contributed by atoms with van der Waals surface area (Å²) in [5.74, 6) is -0.101. The Balaban J connectivity index is 1.35. The molecule has 35 heavy (non-hydrogen) atoms. The van der Waals surface area contributed by atoms with Gasteiger partial charge in [0.15, 0.2) is 6.10 Å².